The van der Waals surface area contributed by atoms with Crippen LogP contribution in [0.1, 0.15) is 29.1 Å². The van der Waals surface area contributed by atoms with Crippen molar-refractivity contribution in [2.75, 3.05) is 13.1 Å². The summed E-state index contributed by atoms with van der Waals surface area (Å²) in [7, 11) is 0. The third-order valence-electron chi connectivity index (χ3n) is 3.68. The van der Waals surface area contributed by atoms with Crippen LogP contribution in [0, 0.1) is 6.92 Å². The first-order valence-electron chi connectivity index (χ1n) is 7.99. The molecule has 0 spiro atoms. The summed E-state index contributed by atoms with van der Waals surface area (Å²) in [5.74, 6) is -1.09. The molecule has 0 saturated carbocycles. The Morgan fingerprint density at radius 1 is 1.21 bits per heavy atom. The molecule has 0 saturated heterocycles. The van der Waals surface area contributed by atoms with E-state index < -0.39 is 5.97 Å². The van der Waals surface area contributed by atoms with E-state index in [-0.39, 0.29) is 12.5 Å². The van der Waals surface area contributed by atoms with E-state index in [0.29, 0.717) is 25.8 Å². The molecule has 0 fully saturated rings. The van der Waals surface area contributed by atoms with Crippen molar-refractivity contribution in [3.8, 4) is 0 Å². The summed E-state index contributed by atoms with van der Waals surface area (Å²) >= 11 is 1.60. The number of hydrogen-bond donors (Lipinski definition) is 1. The van der Waals surface area contributed by atoms with Gasteiger partial charge in [0.1, 0.15) is 6.54 Å². The number of benzene rings is 1. The number of aliphatic carboxylic acids is 1. The fourth-order valence-electron chi connectivity index (χ4n) is 2.47. The van der Waals surface area contributed by atoms with Crippen LogP contribution in [0.25, 0.3) is 0 Å². The van der Waals surface area contributed by atoms with Crippen LogP contribution >= 0.6 is 11.3 Å². The lowest BCUT2D eigenvalue weighted by Crippen LogP contribution is -2.37. The van der Waals surface area contributed by atoms with Gasteiger partial charge >= 0.3 is 5.97 Å². The molecule has 128 valence electrons. The molecule has 1 aromatic carbocycles. The van der Waals surface area contributed by atoms with Gasteiger partial charge in [0.2, 0.25) is 5.91 Å². The number of carbonyl (C=O) groups excluding carboxylic acids is 1. The molecule has 1 amide bonds. The highest BCUT2D eigenvalue weighted by molar-refractivity contribution is 7.09. The van der Waals surface area contributed by atoms with Gasteiger partial charge in [0, 0.05) is 18.3 Å². The fourth-order valence-corrected chi connectivity index (χ4v) is 3.11. The highest BCUT2D eigenvalue weighted by Crippen LogP contribution is 2.11. The smallest absolute Gasteiger partial charge is 0.323 e. The standard InChI is InChI=1S/C18H22N2O3S/c1-14-19-16(13-24-14)8-5-9-17(21)20(12-18(22)23)11-10-15-6-3-2-4-7-15/h2-4,6-7,13H,5,8-12H2,1H3,(H,22,23). The highest BCUT2D eigenvalue weighted by atomic mass is 32.1. The third kappa shape index (κ3) is 6.12. The maximum Gasteiger partial charge on any atom is 0.323 e. The molecule has 0 bridgehead atoms. The monoisotopic (exact) mass is 346 g/mol. The minimum absolute atomic E-state index is 0.111. The van der Waals surface area contributed by atoms with Gasteiger partial charge in [-0.2, -0.15) is 0 Å². The number of nitrogens with zero attached hydrogens (tertiary/aromatic N) is 2. The van der Waals surface area contributed by atoms with Crippen molar-refractivity contribution in [3.63, 3.8) is 0 Å². The summed E-state index contributed by atoms with van der Waals surface area (Å²) < 4.78 is 0. The molecule has 5 nitrogen and oxygen atoms in total. The van der Waals surface area contributed by atoms with Crippen molar-refractivity contribution < 1.29 is 14.7 Å². The van der Waals surface area contributed by atoms with Gasteiger partial charge in [-0.1, -0.05) is 30.3 Å². The van der Waals surface area contributed by atoms with Crippen molar-refractivity contribution in [3.05, 3.63) is 52.0 Å². The number of carboxylic acid groups (broad SMARTS) is 1. The van der Waals surface area contributed by atoms with Crippen LogP contribution in [-0.2, 0) is 22.4 Å². The van der Waals surface area contributed by atoms with Crippen LogP contribution in [0.4, 0.5) is 0 Å². The van der Waals surface area contributed by atoms with Gasteiger partial charge in [-0.25, -0.2) is 4.98 Å². The normalized spacial score (nSPS) is 10.5. The SMILES string of the molecule is Cc1nc(CCCC(=O)N(CCc2ccccc2)CC(=O)O)cs1. The molecule has 0 radical (unpaired) electrons. The van der Waals surface area contributed by atoms with Gasteiger partial charge in [0.05, 0.1) is 10.7 Å². The summed E-state index contributed by atoms with van der Waals surface area (Å²) in [6, 6.07) is 9.77. The second kappa shape index (κ2) is 9.17. The molecule has 0 aliphatic rings. The number of aromatic nitrogens is 1. The lowest BCUT2D eigenvalue weighted by Gasteiger charge is -2.20. The predicted molar refractivity (Wildman–Crippen MR) is 94.2 cm³/mol. The van der Waals surface area contributed by atoms with E-state index >= 15 is 0 Å². The predicted octanol–water partition coefficient (Wildman–Crippen LogP) is 2.93. The maximum atomic E-state index is 12.3. The molecule has 1 heterocycles. The summed E-state index contributed by atoms with van der Waals surface area (Å²) in [5, 5.41) is 12.1. The quantitative estimate of drug-likeness (QED) is 0.758. The van der Waals surface area contributed by atoms with Gasteiger partial charge in [-0.3, -0.25) is 9.59 Å². The molecule has 2 rings (SSSR count). The zero-order valence-electron chi connectivity index (χ0n) is 13.8. The van der Waals surface area contributed by atoms with E-state index in [9.17, 15) is 9.59 Å². The second-order valence-electron chi connectivity index (χ2n) is 5.66. The number of carbonyl (C=O) groups is 2. The zero-order valence-corrected chi connectivity index (χ0v) is 14.6. The van der Waals surface area contributed by atoms with Crippen LogP contribution in [0.2, 0.25) is 0 Å². The van der Waals surface area contributed by atoms with Gasteiger partial charge in [0.25, 0.3) is 0 Å². The van der Waals surface area contributed by atoms with Crippen molar-refractivity contribution >= 4 is 23.2 Å². The largest absolute Gasteiger partial charge is 0.480 e. The molecule has 0 aliphatic carbocycles. The van der Waals surface area contributed by atoms with E-state index in [0.717, 1.165) is 22.7 Å². The number of aryl methyl sites for hydroxylation is 2. The Balaban J connectivity index is 1.83. The second-order valence-corrected chi connectivity index (χ2v) is 6.72. The van der Waals surface area contributed by atoms with Crippen LogP contribution in [-0.4, -0.2) is 40.0 Å². The molecule has 24 heavy (non-hydrogen) atoms. The van der Waals surface area contributed by atoms with Crippen molar-refractivity contribution in [1.29, 1.82) is 0 Å². The van der Waals surface area contributed by atoms with Crippen molar-refractivity contribution in [2.24, 2.45) is 0 Å². The molecule has 1 aromatic heterocycles. The summed E-state index contributed by atoms with van der Waals surface area (Å²) in [4.78, 5) is 29.2. The summed E-state index contributed by atoms with van der Waals surface area (Å²) in [5.41, 5.74) is 2.10. The topological polar surface area (TPSA) is 70.5 Å². The molecular weight excluding hydrogens is 324 g/mol. The van der Waals surface area contributed by atoms with E-state index in [1.165, 1.54) is 4.90 Å². The third-order valence-corrected chi connectivity index (χ3v) is 4.50. The van der Waals surface area contributed by atoms with Crippen molar-refractivity contribution in [2.45, 2.75) is 32.6 Å². The average Bonchev–Trinajstić information content (AvgIpc) is 2.97. The first kappa shape index (κ1) is 18.1. The average molecular weight is 346 g/mol. The minimum atomic E-state index is -0.980. The van der Waals surface area contributed by atoms with Crippen LogP contribution in [0.5, 0.6) is 0 Å². The molecular formula is C18H22N2O3S. The van der Waals surface area contributed by atoms with E-state index in [4.69, 9.17) is 5.11 Å². The van der Waals surface area contributed by atoms with Gasteiger partial charge in [-0.15, -0.1) is 11.3 Å². The van der Waals surface area contributed by atoms with Crippen LogP contribution in [0.15, 0.2) is 35.7 Å². The van der Waals surface area contributed by atoms with E-state index in [1.54, 1.807) is 11.3 Å². The zero-order chi connectivity index (χ0) is 17.4. The Morgan fingerprint density at radius 2 is 1.96 bits per heavy atom. The lowest BCUT2D eigenvalue weighted by molar-refractivity contribution is -0.144. The number of thiazole rings is 1. The highest BCUT2D eigenvalue weighted by Gasteiger charge is 2.16. The maximum absolute atomic E-state index is 12.3. The Bertz CT molecular complexity index is 670. The Labute approximate surface area is 146 Å². The number of rotatable bonds is 9. The Morgan fingerprint density at radius 3 is 2.58 bits per heavy atom. The van der Waals surface area contributed by atoms with E-state index in [1.807, 2.05) is 42.6 Å². The van der Waals surface area contributed by atoms with E-state index in [2.05, 4.69) is 4.98 Å². The Kier molecular flexibility index (Phi) is 6.93. The summed E-state index contributed by atoms with van der Waals surface area (Å²) in [6.45, 7) is 2.13. The first-order chi connectivity index (χ1) is 11.5. The molecule has 0 unspecified atom stereocenters. The minimum Gasteiger partial charge on any atom is -0.480 e. The van der Waals surface area contributed by atoms with Gasteiger partial charge < -0.3 is 10.0 Å². The van der Waals surface area contributed by atoms with Crippen molar-refractivity contribution in [1.82, 2.24) is 9.88 Å². The fraction of sp³-hybridized carbons (Fsp3) is 0.389. The van der Waals surface area contributed by atoms with Gasteiger partial charge in [0.15, 0.2) is 0 Å². The van der Waals surface area contributed by atoms with Crippen LogP contribution in [0.3, 0.4) is 0 Å². The van der Waals surface area contributed by atoms with Crippen LogP contribution < -0.4 is 0 Å². The number of amides is 1. The summed E-state index contributed by atoms with van der Waals surface area (Å²) in [6.07, 6.45) is 2.43. The molecule has 0 aliphatic heterocycles. The first-order valence-corrected chi connectivity index (χ1v) is 8.87. The molecule has 1 N–H and O–H groups in total. The Hall–Kier alpha value is -2.21. The van der Waals surface area contributed by atoms with Gasteiger partial charge in [-0.05, 0) is 31.7 Å². The molecule has 2 aromatic rings. The lowest BCUT2D eigenvalue weighted by atomic mass is 10.1. The number of hydrogen-bond acceptors (Lipinski definition) is 4. The number of carboxylic acids is 1. The molecule has 0 atom stereocenters. The molecule has 6 heteroatoms.